The number of ether oxygens (including phenoxy) is 1. The molecule has 0 fully saturated rings. The van der Waals surface area contributed by atoms with Crippen LogP contribution in [0.15, 0.2) is 77.6 Å². The minimum absolute atomic E-state index is 0.230. The molecule has 164 valence electrons. The first-order valence-corrected chi connectivity index (χ1v) is 10.4. The molecule has 0 aliphatic rings. The molecule has 0 aliphatic carbocycles. The Morgan fingerprint density at radius 2 is 1.81 bits per heavy atom. The van der Waals surface area contributed by atoms with E-state index in [1.165, 1.54) is 22.8 Å². The molecule has 0 bridgehead atoms. The van der Waals surface area contributed by atoms with Crippen LogP contribution in [-0.2, 0) is 11.3 Å². The van der Waals surface area contributed by atoms with Crippen LogP contribution in [0.5, 0.6) is 0 Å². The second-order valence-electron chi connectivity index (χ2n) is 7.63. The van der Waals surface area contributed by atoms with E-state index in [-0.39, 0.29) is 10.9 Å². The van der Waals surface area contributed by atoms with Gasteiger partial charge in [0.05, 0.1) is 23.2 Å². The van der Waals surface area contributed by atoms with Gasteiger partial charge in [0, 0.05) is 25.9 Å². The van der Waals surface area contributed by atoms with Crippen LogP contribution in [0.1, 0.15) is 5.56 Å². The molecule has 0 amide bonds. The highest BCUT2D eigenvalue weighted by Gasteiger charge is 2.14. The number of para-hydroxylation sites is 1. The summed E-state index contributed by atoms with van der Waals surface area (Å²) in [6.45, 7) is 2.34. The van der Waals surface area contributed by atoms with Gasteiger partial charge in [0.2, 0.25) is 5.95 Å². The largest absolute Gasteiger partial charge is 0.383 e. The molecule has 32 heavy (non-hydrogen) atoms. The highest BCUT2D eigenvalue weighted by atomic mass is 19.1. The fourth-order valence-corrected chi connectivity index (χ4v) is 3.52. The Morgan fingerprint density at radius 1 is 1.06 bits per heavy atom. The van der Waals surface area contributed by atoms with Crippen LogP contribution >= 0.6 is 0 Å². The fraction of sp³-hybridized carbons (Fsp3) is 0.200. The van der Waals surface area contributed by atoms with E-state index < -0.39 is 5.82 Å². The van der Waals surface area contributed by atoms with Crippen molar-refractivity contribution in [3.63, 3.8) is 0 Å². The van der Waals surface area contributed by atoms with Crippen molar-refractivity contribution in [1.29, 1.82) is 0 Å². The molecule has 1 N–H and O–H groups in total. The lowest BCUT2D eigenvalue weighted by molar-refractivity contribution is 0.158. The molecule has 0 spiro atoms. The first kappa shape index (κ1) is 21.7. The van der Waals surface area contributed by atoms with Gasteiger partial charge in [-0.1, -0.05) is 30.3 Å². The summed E-state index contributed by atoms with van der Waals surface area (Å²) in [6, 6.07) is 21.2. The molecule has 7 heteroatoms. The number of fused-ring (bicyclic) bond motifs is 1. The van der Waals surface area contributed by atoms with Crippen molar-refractivity contribution in [3.05, 3.63) is 94.5 Å². The van der Waals surface area contributed by atoms with Crippen LogP contribution in [0.25, 0.3) is 16.6 Å². The Hall–Kier alpha value is -3.55. The molecule has 0 aliphatic heterocycles. The number of methoxy groups -OCH3 is 1. The summed E-state index contributed by atoms with van der Waals surface area (Å²) < 4.78 is 20.4. The van der Waals surface area contributed by atoms with Crippen molar-refractivity contribution in [2.45, 2.75) is 6.54 Å². The Bertz CT molecular complexity index is 1260. The summed E-state index contributed by atoms with van der Waals surface area (Å²) in [5, 5.41) is 3.49. The number of anilines is 2. The first-order chi connectivity index (χ1) is 15.5. The summed E-state index contributed by atoms with van der Waals surface area (Å²) >= 11 is 0. The van der Waals surface area contributed by atoms with Crippen molar-refractivity contribution in [2.75, 3.05) is 32.6 Å². The van der Waals surface area contributed by atoms with E-state index in [0.29, 0.717) is 23.8 Å². The van der Waals surface area contributed by atoms with E-state index in [0.717, 1.165) is 24.3 Å². The van der Waals surface area contributed by atoms with E-state index in [1.54, 1.807) is 7.11 Å². The van der Waals surface area contributed by atoms with Crippen molar-refractivity contribution in [2.24, 2.45) is 0 Å². The van der Waals surface area contributed by atoms with Gasteiger partial charge >= 0.3 is 0 Å². The number of aromatic nitrogens is 2. The van der Waals surface area contributed by atoms with Crippen LogP contribution in [0.3, 0.4) is 0 Å². The van der Waals surface area contributed by atoms with Gasteiger partial charge in [-0.2, -0.15) is 0 Å². The van der Waals surface area contributed by atoms with Crippen LogP contribution in [0.4, 0.5) is 16.0 Å². The summed E-state index contributed by atoms with van der Waals surface area (Å²) in [7, 11) is 3.74. The van der Waals surface area contributed by atoms with E-state index >= 15 is 0 Å². The van der Waals surface area contributed by atoms with Gasteiger partial charge in [-0.3, -0.25) is 9.69 Å². The van der Waals surface area contributed by atoms with Gasteiger partial charge in [0.15, 0.2) is 0 Å². The van der Waals surface area contributed by atoms with Crippen molar-refractivity contribution >= 4 is 22.5 Å². The molecular weight excluding hydrogens is 407 g/mol. The summed E-state index contributed by atoms with van der Waals surface area (Å²) in [4.78, 5) is 20.1. The number of halogens is 1. The highest BCUT2D eigenvalue weighted by molar-refractivity contribution is 5.80. The quantitative estimate of drug-likeness (QED) is 0.449. The Labute approximate surface area is 185 Å². The van der Waals surface area contributed by atoms with Crippen molar-refractivity contribution < 1.29 is 9.13 Å². The zero-order valence-corrected chi connectivity index (χ0v) is 18.1. The van der Waals surface area contributed by atoms with Crippen LogP contribution in [-0.4, -0.2) is 41.8 Å². The van der Waals surface area contributed by atoms with Gasteiger partial charge in [-0.05, 0) is 55.1 Å². The Balaban J connectivity index is 1.68. The molecule has 1 heterocycles. The predicted molar refractivity (Wildman–Crippen MR) is 125 cm³/mol. The van der Waals surface area contributed by atoms with Gasteiger partial charge in [-0.15, -0.1) is 0 Å². The number of nitrogens with one attached hydrogen (secondary N) is 1. The number of hydrogen-bond donors (Lipinski definition) is 1. The highest BCUT2D eigenvalue weighted by Crippen LogP contribution is 2.21. The zero-order chi connectivity index (χ0) is 22.5. The second-order valence-corrected chi connectivity index (χ2v) is 7.63. The van der Waals surface area contributed by atoms with E-state index in [9.17, 15) is 9.18 Å². The third-order valence-electron chi connectivity index (χ3n) is 5.18. The van der Waals surface area contributed by atoms with E-state index in [1.807, 2.05) is 61.6 Å². The predicted octanol–water partition coefficient (Wildman–Crippen LogP) is 4.35. The van der Waals surface area contributed by atoms with Crippen molar-refractivity contribution in [3.8, 4) is 5.69 Å². The lowest BCUT2D eigenvalue weighted by atomic mass is 10.2. The van der Waals surface area contributed by atoms with Gasteiger partial charge in [0.25, 0.3) is 5.56 Å². The minimum atomic E-state index is -0.470. The van der Waals surface area contributed by atoms with E-state index in [2.05, 4.69) is 15.2 Å². The molecule has 0 atom stereocenters. The average Bonchev–Trinajstić information content (AvgIpc) is 2.80. The molecule has 0 saturated carbocycles. The maximum Gasteiger partial charge on any atom is 0.267 e. The number of benzene rings is 3. The SMILES string of the molecule is COCCN(C)Cc1ccc(Nc2nc3ccc(F)cc3c(=O)n2-c2ccccc2)cc1. The smallest absolute Gasteiger partial charge is 0.267 e. The van der Waals surface area contributed by atoms with Gasteiger partial charge in [0.1, 0.15) is 5.82 Å². The summed E-state index contributed by atoms with van der Waals surface area (Å²) in [5.41, 5.74) is 2.71. The van der Waals surface area contributed by atoms with Crippen LogP contribution in [0, 0.1) is 5.82 Å². The molecule has 4 rings (SSSR count). The topological polar surface area (TPSA) is 59.4 Å². The van der Waals surface area contributed by atoms with Crippen LogP contribution < -0.4 is 10.9 Å². The molecule has 3 aromatic carbocycles. The van der Waals surface area contributed by atoms with E-state index in [4.69, 9.17) is 4.74 Å². The lowest BCUT2D eigenvalue weighted by Gasteiger charge is -2.17. The maximum absolute atomic E-state index is 13.8. The fourth-order valence-electron chi connectivity index (χ4n) is 3.52. The molecule has 4 aromatic rings. The number of rotatable bonds is 8. The van der Waals surface area contributed by atoms with Gasteiger partial charge < -0.3 is 10.1 Å². The summed E-state index contributed by atoms with van der Waals surface area (Å²) in [6.07, 6.45) is 0. The maximum atomic E-state index is 13.8. The minimum Gasteiger partial charge on any atom is -0.383 e. The third-order valence-corrected chi connectivity index (χ3v) is 5.18. The molecule has 0 saturated heterocycles. The second kappa shape index (κ2) is 9.72. The Kier molecular flexibility index (Phi) is 6.58. The monoisotopic (exact) mass is 432 g/mol. The summed E-state index contributed by atoms with van der Waals surface area (Å²) in [5.74, 6) is -0.104. The zero-order valence-electron chi connectivity index (χ0n) is 18.1. The first-order valence-electron chi connectivity index (χ1n) is 10.4. The number of hydrogen-bond acceptors (Lipinski definition) is 5. The normalized spacial score (nSPS) is 11.2. The number of nitrogens with zero attached hydrogens (tertiary/aromatic N) is 3. The molecular formula is C25H25FN4O2. The number of likely N-dealkylation sites (N-methyl/N-ethyl adjacent to an activating group) is 1. The third kappa shape index (κ3) is 4.85. The molecule has 0 unspecified atom stereocenters. The molecule has 6 nitrogen and oxygen atoms in total. The van der Waals surface area contributed by atoms with Gasteiger partial charge in [-0.25, -0.2) is 13.9 Å². The Morgan fingerprint density at radius 3 is 2.53 bits per heavy atom. The van der Waals surface area contributed by atoms with Crippen LogP contribution in [0.2, 0.25) is 0 Å². The standard InChI is InChI=1S/C25H25FN4O2/c1-29(14-15-32-2)17-18-8-11-20(12-9-18)27-25-28-23-13-10-19(26)16-22(23)24(31)30(25)21-6-4-3-5-7-21/h3-13,16H,14-15,17H2,1-2H3,(H,27,28). The average molecular weight is 432 g/mol. The van der Waals surface area contributed by atoms with Crippen molar-refractivity contribution in [1.82, 2.24) is 14.5 Å². The lowest BCUT2D eigenvalue weighted by Crippen LogP contribution is -2.23. The molecule has 0 radical (unpaired) electrons. The molecule has 1 aromatic heterocycles.